The van der Waals surface area contributed by atoms with Gasteiger partial charge in [-0.2, -0.15) is 0 Å². The van der Waals surface area contributed by atoms with E-state index in [-0.39, 0.29) is 17.3 Å². The number of nitrogens with two attached hydrogens (primary N) is 1. The lowest BCUT2D eigenvalue weighted by Gasteiger charge is -2.32. The Morgan fingerprint density at radius 2 is 2.22 bits per heavy atom. The maximum absolute atomic E-state index is 13.8. The summed E-state index contributed by atoms with van der Waals surface area (Å²) in [7, 11) is 0. The molecule has 1 saturated carbocycles. The Morgan fingerprint density at radius 1 is 1.50 bits per heavy atom. The molecule has 2 N–H and O–H groups in total. The molecule has 1 nitrogen and oxygen atoms in total. The second-order valence-electron chi connectivity index (χ2n) is 6.09. The van der Waals surface area contributed by atoms with Crippen molar-refractivity contribution in [2.45, 2.75) is 45.6 Å². The van der Waals surface area contributed by atoms with Gasteiger partial charge >= 0.3 is 0 Å². The molecule has 0 heterocycles. The van der Waals surface area contributed by atoms with Crippen LogP contribution in [0.4, 0.5) is 4.39 Å². The Balaban J connectivity index is 2.09. The molecule has 2 unspecified atom stereocenters. The lowest BCUT2D eigenvalue weighted by atomic mass is 9.76. The summed E-state index contributed by atoms with van der Waals surface area (Å²) in [5, 5.41) is 0.436. The van der Waals surface area contributed by atoms with Crippen LogP contribution >= 0.6 is 11.6 Å². The molecule has 1 aromatic rings. The van der Waals surface area contributed by atoms with Gasteiger partial charge < -0.3 is 5.73 Å². The maximum atomic E-state index is 13.8. The first-order chi connectivity index (χ1) is 8.40. The molecule has 0 aromatic heterocycles. The van der Waals surface area contributed by atoms with Crippen molar-refractivity contribution in [3.8, 4) is 0 Å². The molecule has 0 radical (unpaired) electrons. The minimum absolute atomic E-state index is 0.0261. The molecule has 2 atom stereocenters. The van der Waals surface area contributed by atoms with E-state index < -0.39 is 0 Å². The predicted molar refractivity (Wildman–Crippen MR) is 74.2 cm³/mol. The number of hydrogen-bond donors (Lipinski definition) is 1. The van der Waals surface area contributed by atoms with E-state index in [1.165, 1.54) is 18.9 Å². The van der Waals surface area contributed by atoms with Gasteiger partial charge in [-0.25, -0.2) is 4.39 Å². The fraction of sp³-hybridized carbons (Fsp3) is 0.600. The van der Waals surface area contributed by atoms with Crippen LogP contribution in [0.3, 0.4) is 0 Å². The van der Waals surface area contributed by atoms with Crippen molar-refractivity contribution in [1.29, 1.82) is 0 Å². The van der Waals surface area contributed by atoms with E-state index in [9.17, 15) is 4.39 Å². The molecular formula is C15H21ClFN. The summed E-state index contributed by atoms with van der Waals surface area (Å²) in [6, 6.07) is 4.87. The Kier molecular flexibility index (Phi) is 3.98. The summed E-state index contributed by atoms with van der Waals surface area (Å²) in [6.07, 6.45) is 4.20. The monoisotopic (exact) mass is 269 g/mol. The van der Waals surface area contributed by atoms with Crippen molar-refractivity contribution in [3.05, 3.63) is 34.6 Å². The standard InChI is InChI=1S/C15H21ClFN/c1-15(2)7-3-4-12(15)14(18)8-10-5-6-11(16)9-13(10)17/h5-6,9,12,14H,3-4,7-8,18H2,1-2H3. The summed E-state index contributed by atoms with van der Waals surface area (Å²) >= 11 is 5.75. The molecule has 0 saturated heterocycles. The molecule has 2 rings (SSSR count). The highest BCUT2D eigenvalue weighted by Crippen LogP contribution is 2.44. The van der Waals surface area contributed by atoms with E-state index in [1.54, 1.807) is 12.1 Å². The highest BCUT2D eigenvalue weighted by atomic mass is 35.5. The Bertz CT molecular complexity index is 431. The maximum Gasteiger partial charge on any atom is 0.127 e. The van der Waals surface area contributed by atoms with Crippen LogP contribution < -0.4 is 5.73 Å². The van der Waals surface area contributed by atoms with Crippen molar-refractivity contribution >= 4 is 11.6 Å². The largest absolute Gasteiger partial charge is 0.327 e. The quantitative estimate of drug-likeness (QED) is 0.875. The second-order valence-corrected chi connectivity index (χ2v) is 6.53. The summed E-state index contributed by atoms with van der Waals surface area (Å²) in [5.41, 5.74) is 7.25. The molecule has 100 valence electrons. The normalized spacial score (nSPS) is 24.2. The second kappa shape index (κ2) is 5.18. The zero-order valence-corrected chi connectivity index (χ0v) is 11.8. The topological polar surface area (TPSA) is 26.0 Å². The fourth-order valence-electron chi connectivity index (χ4n) is 3.23. The SMILES string of the molecule is CC1(C)CCCC1C(N)Cc1ccc(Cl)cc1F. The minimum atomic E-state index is -0.242. The molecule has 1 aromatic carbocycles. The van der Waals surface area contributed by atoms with Gasteiger partial charge in [-0.15, -0.1) is 0 Å². The number of benzene rings is 1. The zero-order chi connectivity index (χ0) is 13.3. The summed E-state index contributed by atoms with van der Waals surface area (Å²) in [6.45, 7) is 4.53. The van der Waals surface area contributed by atoms with E-state index in [0.29, 0.717) is 22.9 Å². The van der Waals surface area contributed by atoms with Crippen molar-refractivity contribution in [2.24, 2.45) is 17.1 Å². The van der Waals surface area contributed by atoms with Crippen LogP contribution in [-0.4, -0.2) is 6.04 Å². The van der Waals surface area contributed by atoms with Gasteiger partial charge in [-0.05, 0) is 48.3 Å². The molecule has 1 aliphatic rings. The van der Waals surface area contributed by atoms with E-state index in [2.05, 4.69) is 13.8 Å². The molecule has 18 heavy (non-hydrogen) atoms. The van der Waals surface area contributed by atoms with Gasteiger partial charge in [0.2, 0.25) is 0 Å². The summed E-state index contributed by atoms with van der Waals surface area (Å²) in [5.74, 6) is 0.237. The third-order valence-corrected chi connectivity index (χ3v) is 4.56. The van der Waals surface area contributed by atoms with Gasteiger partial charge in [0.05, 0.1) is 0 Å². The van der Waals surface area contributed by atoms with Crippen LogP contribution in [-0.2, 0) is 6.42 Å². The molecule has 3 heteroatoms. The molecular weight excluding hydrogens is 249 g/mol. The van der Waals surface area contributed by atoms with Crippen LogP contribution in [0.2, 0.25) is 5.02 Å². The van der Waals surface area contributed by atoms with Crippen molar-refractivity contribution in [3.63, 3.8) is 0 Å². The van der Waals surface area contributed by atoms with E-state index in [4.69, 9.17) is 17.3 Å². The lowest BCUT2D eigenvalue weighted by molar-refractivity contribution is 0.219. The van der Waals surface area contributed by atoms with E-state index in [0.717, 1.165) is 6.42 Å². The van der Waals surface area contributed by atoms with Crippen LogP contribution in [0.25, 0.3) is 0 Å². The average molecular weight is 270 g/mol. The highest BCUT2D eigenvalue weighted by molar-refractivity contribution is 6.30. The van der Waals surface area contributed by atoms with Gasteiger partial charge in [-0.1, -0.05) is 37.9 Å². The van der Waals surface area contributed by atoms with Crippen LogP contribution in [0.5, 0.6) is 0 Å². The molecule has 1 aliphatic carbocycles. The average Bonchev–Trinajstić information content (AvgIpc) is 2.62. The van der Waals surface area contributed by atoms with Gasteiger partial charge in [-0.3, -0.25) is 0 Å². The van der Waals surface area contributed by atoms with Crippen molar-refractivity contribution in [1.82, 2.24) is 0 Å². The molecule has 0 aliphatic heterocycles. The first-order valence-electron chi connectivity index (χ1n) is 6.59. The van der Waals surface area contributed by atoms with E-state index >= 15 is 0 Å². The third kappa shape index (κ3) is 2.86. The van der Waals surface area contributed by atoms with Gasteiger partial charge in [0.25, 0.3) is 0 Å². The van der Waals surface area contributed by atoms with Crippen LogP contribution in [0, 0.1) is 17.2 Å². The van der Waals surface area contributed by atoms with Gasteiger partial charge in [0.1, 0.15) is 5.82 Å². The molecule has 0 amide bonds. The van der Waals surface area contributed by atoms with Crippen LogP contribution in [0.1, 0.15) is 38.7 Å². The summed E-state index contributed by atoms with van der Waals surface area (Å²) in [4.78, 5) is 0. The predicted octanol–water partition coefficient (Wildman–Crippen LogP) is 4.18. The van der Waals surface area contributed by atoms with Gasteiger partial charge in [0, 0.05) is 11.1 Å². The summed E-state index contributed by atoms with van der Waals surface area (Å²) < 4.78 is 13.8. The molecule has 1 fully saturated rings. The van der Waals surface area contributed by atoms with E-state index in [1.807, 2.05) is 0 Å². The smallest absolute Gasteiger partial charge is 0.127 e. The fourth-order valence-corrected chi connectivity index (χ4v) is 3.39. The van der Waals surface area contributed by atoms with Crippen LogP contribution in [0.15, 0.2) is 18.2 Å². The van der Waals surface area contributed by atoms with Crippen molar-refractivity contribution in [2.75, 3.05) is 0 Å². The molecule has 0 bridgehead atoms. The number of hydrogen-bond acceptors (Lipinski definition) is 1. The highest BCUT2D eigenvalue weighted by Gasteiger charge is 2.38. The first-order valence-corrected chi connectivity index (χ1v) is 6.97. The number of halogens is 2. The lowest BCUT2D eigenvalue weighted by Crippen LogP contribution is -2.38. The minimum Gasteiger partial charge on any atom is -0.327 e. The molecule has 0 spiro atoms. The first kappa shape index (κ1) is 13.8. The van der Waals surface area contributed by atoms with Crippen molar-refractivity contribution < 1.29 is 4.39 Å². The van der Waals surface area contributed by atoms with Gasteiger partial charge in [0.15, 0.2) is 0 Å². The Hall–Kier alpha value is -0.600. The third-order valence-electron chi connectivity index (χ3n) is 4.33. The zero-order valence-electron chi connectivity index (χ0n) is 11.0. The number of rotatable bonds is 3. The Labute approximate surface area is 114 Å². The Morgan fingerprint density at radius 3 is 2.78 bits per heavy atom.